The van der Waals surface area contributed by atoms with Crippen LogP contribution in [0.1, 0.15) is 29.8 Å². The van der Waals surface area contributed by atoms with E-state index < -0.39 is 0 Å². The summed E-state index contributed by atoms with van der Waals surface area (Å²) in [7, 11) is 1.63. The number of esters is 1. The molecule has 154 valence electrons. The van der Waals surface area contributed by atoms with Crippen molar-refractivity contribution in [1.29, 1.82) is 0 Å². The van der Waals surface area contributed by atoms with Gasteiger partial charge in [-0.15, -0.1) is 0 Å². The smallest absolute Gasteiger partial charge is 0.308 e. The maximum absolute atomic E-state index is 11.6. The Morgan fingerprint density at radius 3 is 1.87 bits per heavy atom. The van der Waals surface area contributed by atoms with Crippen LogP contribution in [0.25, 0.3) is 0 Å². The van der Waals surface area contributed by atoms with Gasteiger partial charge in [-0.05, 0) is 73.2 Å². The average Bonchev–Trinajstić information content (AvgIpc) is 2.75. The number of carbonyl (C=O) groups is 2. The Hall–Kier alpha value is -3.80. The highest BCUT2D eigenvalue weighted by atomic mass is 16.7. The van der Waals surface area contributed by atoms with E-state index in [2.05, 4.69) is 0 Å². The zero-order valence-corrected chi connectivity index (χ0v) is 17.1. The van der Waals surface area contributed by atoms with Crippen molar-refractivity contribution in [2.24, 2.45) is 0 Å². The van der Waals surface area contributed by atoms with Gasteiger partial charge in [-0.25, -0.2) is 5.06 Å². The second-order valence-corrected chi connectivity index (χ2v) is 6.64. The van der Waals surface area contributed by atoms with Crippen LogP contribution < -0.4 is 19.4 Å². The first-order chi connectivity index (χ1) is 14.4. The fourth-order valence-electron chi connectivity index (χ4n) is 2.80. The van der Waals surface area contributed by atoms with Gasteiger partial charge in [-0.3, -0.25) is 9.59 Å². The first-order valence-electron chi connectivity index (χ1n) is 9.42. The third kappa shape index (κ3) is 5.61. The summed E-state index contributed by atoms with van der Waals surface area (Å²) in [5.74, 6) is 1.43. The second kappa shape index (κ2) is 9.60. The van der Waals surface area contributed by atoms with Gasteiger partial charge in [0.1, 0.15) is 11.5 Å². The first-order valence-corrected chi connectivity index (χ1v) is 9.42. The molecule has 0 atom stereocenters. The highest BCUT2D eigenvalue weighted by Gasteiger charge is 2.12. The standard InChI is InChI=1S/C24H23NO5/c1-17(26)20-6-8-21(9-7-20)25(16-19-4-10-22(28-3)11-5-19)30-24-14-12-23(13-15-24)29-18(2)27/h4-15H,16H2,1-3H3. The van der Waals surface area contributed by atoms with Crippen LogP contribution >= 0.6 is 0 Å². The van der Waals surface area contributed by atoms with Crippen molar-refractivity contribution in [2.75, 3.05) is 12.2 Å². The monoisotopic (exact) mass is 405 g/mol. The highest BCUT2D eigenvalue weighted by molar-refractivity contribution is 5.94. The molecule has 3 rings (SSSR count). The molecule has 0 saturated heterocycles. The van der Waals surface area contributed by atoms with Crippen molar-refractivity contribution in [3.05, 3.63) is 83.9 Å². The molecule has 0 fully saturated rings. The van der Waals surface area contributed by atoms with Crippen LogP contribution in [0.2, 0.25) is 0 Å². The molecule has 0 bridgehead atoms. The lowest BCUT2D eigenvalue weighted by molar-refractivity contribution is -0.131. The number of ketones is 1. The molecule has 3 aromatic carbocycles. The zero-order valence-electron chi connectivity index (χ0n) is 17.1. The number of ether oxygens (including phenoxy) is 2. The predicted molar refractivity (Wildman–Crippen MR) is 114 cm³/mol. The Labute approximate surface area is 175 Å². The van der Waals surface area contributed by atoms with Crippen molar-refractivity contribution >= 4 is 17.4 Å². The lowest BCUT2D eigenvalue weighted by Gasteiger charge is -2.25. The van der Waals surface area contributed by atoms with Gasteiger partial charge in [0.2, 0.25) is 0 Å². The number of rotatable bonds is 8. The van der Waals surface area contributed by atoms with Gasteiger partial charge >= 0.3 is 5.97 Å². The van der Waals surface area contributed by atoms with E-state index in [1.165, 1.54) is 13.8 Å². The van der Waals surface area contributed by atoms with Gasteiger partial charge in [0.25, 0.3) is 0 Å². The summed E-state index contributed by atoms with van der Waals surface area (Å²) in [5, 5.41) is 1.73. The minimum atomic E-state index is -0.379. The summed E-state index contributed by atoms with van der Waals surface area (Å²) in [6.45, 7) is 3.35. The lowest BCUT2D eigenvalue weighted by Crippen LogP contribution is -2.26. The molecule has 0 aliphatic heterocycles. The Balaban J connectivity index is 1.84. The van der Waals surface area contributed by atoms with Gasteiger partial charge in [0.05, 0.1) is 19.3 Å². The summed E-state index contributed by atoms with van der Waals surface area (Å²) in [6.07, 6.45) is 0. The van der Waals surface area contributed by atoms with E-state index in [0.29, 0.717) is 23.6 Å². The van der Waals surface area contributed by atoms with Gasteiger partial charge in [0.15, 0.2) is 11.5 Å². The minimum Gasteiger partial charge on any atom is -0.497 e. The summed E-state index contributed by atoms with van der Waals surface area (Å²) in [6, 6.07) is 21.7. The summed E-state index contributed by atoms with van der Waals surface area (Å²) in [5.41, 5.74) is 2.44. The number of carbonyl (C=O) groups excluding carboxylic acids is 2. The molecule has 6 nitrogen and oxygen atoms in total. The molecule has 3 aromatic rings. The van der Waals surface area contributed by atoms with Gasteiger partial charge in [-0.2, -0.15) is 0 Å². The van der Waals surface area contributed by atoms with Crippen molar-refractivity contribution in [3.8, 4) is 17.2 Å². The number of benzene rings is 3. The molecule has 0 aromatic heterocycles. The van der Waals surface area contributed by atoms with Crippen LogP contribution in [0.4, 0.5) is 5.69 Å². The number of nitrogens with zero attached hydrogens (tertiary/aromatic N) is 1. The SMILES string of the molecule is COc1ccc(CN(Oc2ccc(OC(C)=O)cc2)c2ccc(C(C)=O)cc2)cc1. The molecule has 0 saturated carbocycles. The Morgan fingerprint density at radius 2 is 1.33 bits per heavy atom. The van der Waals surface area contributed by atoms with Crippen LogP contribution in [-0.2, 0) is 11.3 Å². The van der Waals surface area contributed by atoms with Crippen molar-refractivity contribution in [1.82, 2.24) is 0 Å². The molecule has 0 spiro atoms. The van der Waals surface area contributed by atoms with Gasteiger partial charge in [0, 0.05) is 12.5 Å². The number of Topliss-reactive ketones (excluding diaryl/α,β-unsaturated/α-hetero) is 1. The minimum absolute atomic E-state index is 0.00485. The number of anilines is 1. The van der Waals surface area contributed by atoms with E-state index >= 15 is 0 Å². The Kier molecular flexibility index (Phi) is 6.70. The fourth-order valence-corrected chi connectivity index (χ4v) is 2.80. The van der Waals surface area contributed by atoms with Crippen LogP contribution in [0.5, 0.6) is 17.2 Å². The molecule has 0 aliphatic carbocycles. The summed E-state index contributed by atoms with van der Waals surface area (Å²) >= 11 is 0. The topological polar surface area (TPSA) is 65.1 Å². The van der Waals surface area contributed by atoms with Crippen molar-refractivity contribution < 1.29 is 23.9 Å². The molecule has 0 heterocycles. The summed E-state index contributed by atoms with van der Waals surface area (Å²) in [4.78, 5) is 28.8. The maximum Gasteiger partial charge on any atom is 0.308 e. The van der Waals surface area contributed by atoms with Gasteiger partial charge in [-0.1, -0.05) is 12.1 Å². The molecule has 6 heteroatoms. The third-order valence-electron chi connectivity index (χ3n) is 4.35. The van der Waals surface area contributed by atoms with Crippen molar-refractivity contribution in [2.45, 2.75) is 20.4 Å². The molecular weight excluding hydrogens is 382 g/mol. The van der Waals surface area contributed by atoms with Crippen LogP contribution in [0.15, 0.2) is 72.8 Å². The second-order valence-electron chi connectivity index (χ2n) is 6.64. The van der Waals surface area contributed by atoms with Crippen LogP contribution in [0.3, 0.4) is 0 Å². The largest absolute Gasteiger partial charge is 0.497 e. The van der Waals surface area contributed by atoms with E-state index in [1.807, 2.05) is 36.4 Å². The van der Waals surface area contributed by atoms with E-state index in [-0.39, 0.29) is 11.8 Å². The Morgan fingerprint density at radius 1 is 0.767 bits per heavy atom. The van der Waals surface area contributed by atoms with E-state index in [9.17, 15) is 9.59 Å². The average molecular weight is 405 g/mol. The zero-order chi connectivity index (χ0) is 21.5. The fraction of sp³-hybridized carbons (Fsp3) is 0.167. The molecule has 0 amide bonds. The molecule has 0 N–H and O–H groups in total. The van der Waals surface area contributed by atoms with E-state index in [1.54, 1.807) is 48.6 Å². The maximum atomic E-state index is 11.6. The molecule has 30 heavy (non-hydrogen) atoms. The predicted octanol–water partition coefficient (Wildman–Crippen LogP) is 4.82. The molecular formula is C24H23NO5. The molecule has 0 aliphatic rings. The van der Waals surface area contributed by atoms with Crippen molar-refractivity contribution in [3.63, 3.8) is 0 Å². The summed E-state index contributed by atoms with van der Waals surface area (Å²) < 4.78 is 10.3. The highest BCUT2D eigenvalue weighted by Crippen LogP contribution is 2.24. The Bertz CT molecular complexity index is 995. The van der Waals surface area contributed by atoms with Crippen LogP contribution in [0, 0.1) is 0 Å². The van der Waals surface area contributed by atoms with Gasteiger partial charge < -0.3 is 14.3 Å². The number of hydrogen-bond acceptors (Lipinski definition) is 6. The van der Waals surface area contributed by atoms with E-state index in [4.69, 9.17) is 14.3 Å². The molecule has 0 unspecified atom stereocenters. The number of hydroxylamine groups is 1. The first kappa shape index (κ1) is 20.9. The lowest BCUT2D eigenvalue weighted by atomic mass is 10.1. The quantitative estimate of drug-likeness (QED) is 0.232. The van der Waals surface area contributed by atoms with Crippen LogP contribution in [-0.4, -0.2) is 18.9 Å². The normalized spacial score (nSPS) is 10.2. The third-order valence-corrected chi connectivity index (χ3v) is 4.35. The number of methoxy groups -OCH3 is 1. The number of hydrogen-bond donors (Lipinski definition) is 0. The molecule has 0 radical (unpaired) electrons. The van der Waals surface area contributed by atoms with E-state index in [0.717, 1.165) is 17.0 Å².